The molecule has 0 saturated heterocycles. The molecule has 1 rings (SSSR count). The molecule has 0 aliphatic carbocycles. The highest BCUT2D eigenvalue weighted by Crippen LogP contribution is 2.15. The molecule has 2 atom stereocenters. The minimum atomic E-state index is -1.04. The quantitative estimate of drug-likeness (QED) is 0.677. The average molecular weight is 195 g/mol. The van der Waals surface area contributed by atoms with Gasteiger partial charge in [-0.3, -0.25) is 4.79 Å². The Kier molecular flexibility index (Phi) is 3.62. The molecule has 0 saturated carbocycles. The Morgan fingerprint density at radius 3 is 2.50 bits per heavy atom. The number of hydrogen-bond acceptors (Lipinski definition) is 4. The highest BCUT2D eigenvalue weighted by atomic mass is 16.5. The van der Waals surface area contributed by atoms with E-state index in [1.165, 1.54) is 7.11 Å². The van der Waals surface area contributed by atoms with Gasteiger partial charge in [-0.25, -0.2) is 0 Å². The van der Waals surface area contributed by atoms with Gasteiger partial charge in [-0.05, 0) is 5.56 Å². The summed E-state index contributed by atoms with van der Waals surface area (Å²) in [7, 11) is 1.24. The molecule has 1 aromatic rings. The van der Waals surface area contributed by atoms with Gasteiger partial charge in [-0.2, -0.15) is 0 Å². The van der Waals surface area contributed by atoms with Gasteiger partial charge in [-0.1, -0.05) is 30.3 Å². The molecule has 4 nitrogen and oxygen atoms in total. The molecular weight excluding hydrogens is 182 g/mol. The molecule has 76 valence electrons. The number of carbonyl (C=O) groups is 1. The van der Waals surface area contributed by atoms with Gasteiger partial charge in [0.1, 0.15) is 12.1 Å². The topological polar surface area (TPSA) is 72.5 Å². The normalized spacial score (nSPS) is 14.5. The first-order valence-electron chi connectivity index (χ1n) is 4.23. The molecule has 0 unspecified atom stereocenters. The minimum absolute atomic E-state index is 0.602. The Balaban J connectivity index is 2.75. The second kappa shape index (κ2) is 4.74. The number of hydrogen-bond donors (Lipinski definition) is 2. The van der Waals surface area contributed by atoms with Crippen molar-refractivity contribution in [3.05, 3.63) is 35.9 Å². The molecule has 4 heteroatoms. The third-order valence-corrected chi connectivity index (χ3v) is 1.95. The Bertz CT molecular complexity index is 299. The van der Waals surface area contributed by atoms with E-state index in [-0.39, 0.29) is 0 Å². The van der Waals surface area contributed by atoms with E-state index >= 15 is 0 Å². The third kappa shape index (κ3) is 2.31. The van der Waals surface area contributed by atoms with Crippen LogP contribution in [0.2, 0.25) is 0 Å². The van der Waals surface area contributed by atoms with E-state index < -0.39 is 18.1 Å². The molecule has 14 heavy (non-hydrogen) atoms. The van der Waals surface area contributed by atoms with Crippen molar-refractivity contribution in [2.45, 2.75) is 12.1 Å². The zero-order valence-corrected chi connectivity index (χ0v) is 7.88. The van der Waals surface area contributed by atoms with Crippen LogP contribution in [0.5, 0.6) is 0 Å². The summed E-state index contributed by atoms with van der Waals surface area (Å²) in [6.45, 7) is 0. The second-order valence-electron chi connectivity index (χ2n) is 2.90. The molecule has 1 aromatic carbocycles. The van der Waals surface area contributed by atoms with E-state index in [0.29, 0.717) is 5.56 Å². The van der Waals surface area contributed by atoms with Crippen LogP contribution in [0.1, 0.15) is 11.7 Å². The summed E-state index contributed by atoms with van der Waals surface area (Å²) >= 11 is 0. The maximum atomic E-state index is 11.0. The standard InChI is InChI=1S/C10H13NO3/c1-14-10(13)8(11)9(12)7-5-3-2-4-6-7/h2-6,8-9,12H,11H2,1H3/t8-,9+/m1/s1. The van der Waals surface area contributed by atoms with Crippen molar-refractivity contribution in [1.29, 1.82) is 0 Å². The van der Waals surface area contributed by atoms with Crippen molar-refractivity contribution >= 4 is 5.97 Å². The Morgan fingerprint density at radius 2 is 2.00 bits per heavy atom. The Morgan fingerprint density at radius 1 is 1.43 bits per heavy atom. The van der Waals surface area contributed by atoms with E-state index in [0.717, 1.165) is 0 Å². The fourth-order valence-electron chi connectivity index (χ4n) is 1.12. The molecule has 3 N–H and O–H groups in total. The first-order chi connectivity index (χ1) is 6.66. The minimum Gasteiger partial charge on any atom is -0.468 e. The smallest absolute Gasteiger partial charge is 0.325 e. The lowest BCUT2D eigenvalue weighted by Gasteiger charge is -2.16. The number of aliphatic hydroxyl groups excluding tert-OH is 1. The molecule has 0 aromatic heterocycles. The predicted octanol–water partition coefficient (Wildman–Crippen LogP) is 0.220. The molecule has 0 aliphatic rings. The van der Waals surface area contributed by atoms with Crippen LogP contribution >= 0.6 is 0 Å². The lowest BCUT2D eigenvalue weighted by atomic mass is 10.0. The van der Waals surface area contributed by atoms with Gasteiger partial charge in [0, 0.05) is 0 Å². The van der Waals surface area contributed by atoms with Crippen LogP contribution in [0, 0.1) is 0 Å². The predicted molar refractivity (Wildman–Crippen MR) is 51.4 cm³/mol. The summed E-state index contributed by atoms with van der Waals surface area (Å²) in [4.78, 5) is 11.0. The fourth-order valence-corrected chi connectivity index (χ4v) is 1.12. The summed E-state index contributed by atoms with van der Waals surface area (Å²) in [5.41, 5.74) is 6.08. The molecule has 0 fully saturated rings. The van der Waals surface area contributed by atoms with Gasteiger partial charge in [0.2, 0.25) is 0 Å². The van der Waals surface area contributed by atoms with Crippen LogP contribution in [0.25, 0.3) is 0 Å². The Hall–Kier alpha value is -1.39. The van der Waals surface area contributed by atoms with Crippen LogP contribution < -0.4 is 5.73 Å². The molecular formula is C10H13NO3. The van der Waals surface area contributed by atoms with Crippen LogP contribution in [0.15, 0.2) is 30.3 Å². The number of benzene rings is 1. The summed E-state index contributed by atoms with van der Waals surface area (Å²) in [5, 5.41) is 9.66. The first kappa shape index (κ1) is 10.7. The summed E-state index contributed by atoms with van der Waals surface area (Å²) < 4.78 is 4.43. The van der Waals surface area contributed by atoms with Crippen LogP contribution in [0.4, 0.5) is 0 Å². The average Bonchev–Trinajstić information content (AvgIpc) is 2.27. The molecule has 0 radical (unpaired) electrons. The van der Waals surface area contributed by atoms with E-state index in [2.05, 4.69) is 4.74 Å². The van der Waals surface area contributed by atoms with Gasteiger partial charge < -0.3 is 15.6 Å². The number of methoxy groups -OCH3 is 1. The second-order valence-corrected chi connectivity index (χ2v) is 2.90. The van der Waals surface area contributed by atoms with Gasteiger partial charge in [0.25, 0.3) is 0 Å². The zero-order valence-electron chi connectivity index (χ0n) is 7.88. The van der Waals surface area contributed by atoms with Crippen LogP contribution in [-0.4, -0.2) is 24.2 Å². The van der Waals surface area contributed by atoms with Gasteiger partial charge in [-0.15, -0.1) is 0 Å². The lowest BCUT2D eigenvalue weighted by molar-refractivity contribution is -0.145. The van der Waals surface area contributed by atoms with Crippen LogP contribution in [0.3, 0.4) is 0 Å². The summed E-state index contributed by atoms with van der Waals surface area (Å²) in [5.74, 6) is -0.624. The van der Waals surface area contributed by atoms with E-state index in [4.69, 9.17) is 5.73 Å². The number of esters is 1. The maximum absolute atomic E-state index is 11.0. The SMILES string of the molecule is COC(=O)[C@H](N)[C@@H](O)c1ccccc1. The number of ether oxygens (including phenoxy) is 1. The first-order valence-corrected chi connectivity index (χ1v) is 4.23. The maximum Gasteiger partial charge on any atom is 0.325 e. The van der Waals surface area contributed by atoms with Gasteiger partial charge in [0.15, 0.2) is 0 Å². The molecule has 0 spiro atoms. The van der Waals surface area contributed by atoms with E-state index in [1.54, 1.807) is 24.3 Å². The number of rotatable bonds is 3. The summed E-state index contributed by atoms with van der Waals surface area (Å²) in [6, 6.07) is 7.72. The van der Waals surface area contributed by atoms with Crippen molar-refractivity contribution in [3.63, 3.8) is 0 Å². The van der Waals surface area contributed by atoms with Crippen molar-refractivity contribution in [2.24, 2.45) is 5.73 Å². The largest absolute Gasteiger partial charge is 0.468 e. The highest BCUT2D eigenvalue weighted by Gasteiger charge is 2.24. The lowest BCUT2D eigenvalue weighted by Crippen LogP contribution is -2.37. The van der Waals surface area contributed by atoms with Crippen molar-refractivity contribution in [1.82, 2.24) is 0 Å². The van der Waals surface area contributed by atoms with Gasteiger partial charge >= 0.3 is 5.97 Å². The van der Waals surface area contributed by atoms with Crippen molar-refractivity contribution < 1.29 is 14.6 Å². The Labute approximate surface area is 82.3 Å². The van der Waals surface area contributed by atoms with E-state index in [1.807, 2.05) is 6.07 Å². The van der Waals surface area contributed by atoms with Crippen LogP contribution in [-0.2, 0) is 9.53 Å². The van der Waals surface area contributed by atoms with Crippen molar-refractivity contribution in [3.8, 4) is 0 Å². The third-order valence-electron chi connectivity index (χ3n) is 1.95. The van der Waals surface area contributed by atoms with Crippen molar-refractivity contribution in [2.75, 3.05) is 7.11 Å². The van der Waals surface area contributed by atoms with E-state index in [9.17, 15) is 9.90 Å². The molecule has 0 amide bonds. The summed E-state index contributed by atoms with van der Waals surface area (Å²) in [6.07, 6.45) is -1.02. The molecule has 0 aliphatic heterocycles. The highest BCUT2D eigenvalue weighted by molar-refractivity contribution is 5.76. The van der Waals surface area contributed by atoms with Gasteiger partial charge in [0.05, 0.1) is 7.11 Å². The zero-order chi connectivity index (χ0) is 10.6. The monoisotopic (exact) mass is 195 g/mol. The molecule has 0 heterocycles. The number of carbonyl (C=O) groups excluding carboxylic acids is 1. The number of aliphatic hydroxyl groups is 1. The molecule has 0 bridgehead atoms. The number of nitrogens with two attached hydrogens (primary N) is 1. The fraction of sp³-hybridized carbons (Fsp3) is 0.300.